The standard InChI is InChI=1S/C15H24ClN3/c1-5-13-17-14(16)11(3)15(18-13)19(4)12-8-6-10(2)7-9-12/h10,12H,5-9H2,1-4H3. The van der Waals surface area contributed by atoms with Crippen LogP contribution in [0.2, 0.25) is 5.15 Å². The number of aryl methyl sites for hydroxylation is 1. The highest BCUT2D eigenvalue weighted by molar-refractivity contribution is 6.30. The number of halogens is 1. The molecule has 1 aliphatic carbocycles. The van der Waals surface area contributed by atoms with Gasteiger partial charge in [-0.1, -0.05) is 25.4 Å². The zero-order chi connectivity index (χ0) is 14.0. The first-order valence-electron chi connectivity index (χ1n) is 7.28. The van der Waals surface area contributed by atoms with Gasteiger partial charge in [0.15, 0.2) is 0 Å². The second-order valence-corrected chi connectivity index (χ2v) is 6.12. The minimum absolute atomic E-state index is 0.588. The van der Waals surface area contributed by atoms with E-state index in [1.54, 1.807) is 0 Å². The predicted molar refractivity (Wildman–Crippen MR) is 81.0 cm³/mol. The van der Waals surface area contributed by atoms with E-state index in [1.807, 2.05) is 6.92 Å². The maximum Gasteiger partial charge on any atom is 0.137 e. The lowest BCUT2D eigenvalue weighted by Crippen LogP contribution is -2.36. The summed E-state index contributed by atoms with van der Waals surface area (Å²) in [4.78, 5) is 11.3. The molecule has 0 unspecified atom stereocenters. The Balaban J connectivity index is 2.23. The van der Waals surface area contributed by atoms with Gasteiger partial charge in [0.25, 0.3) is 0 Å². The first-order valence-corrected chi connectivity index (χ1v) is 7.66. The van der Waals surface area contributed by atoms with E-state index in [0.717, 1.165) is 29.5 Å². The maximum absolute atomic E-state index is 6.23. The first kappa shape index (κ1) is 14.6. The molecule has 0 aliphatic heterocycles. The zero-order valence-corrected chi connectivity index (χ0v) is 13.2. The smallest absolute Gasteiger partial charge is 0.137 e. The molecule has 0 amide bonds. The zero-order valence-electron chi connectivity index (χ0n) is 12.4. The van der Waals surface area contributed by atoms with E-state index in [2.05, 4.69) is 35.8 Å². The molecule has 0 saturated heterocycles. The average molecular weight is 282 g/mol. The molecule has 0 bridgehead atoms. The summed E-state index contributed by atoms with van der Waals surface area (Å²) in [7, 11) is 2.14. The van der Waals surface area contributed by atoms with Crippen LogP contribution in [0.5, 0.6) is 0 Å². The highest BCUT2D eigenvalue weighted by atomic mass is 35.5. The molecule has 106 valence electrons. The molecule has 1 aromatic rings. The van der Waals surface area contributed by atoms with Crippen LogP contribution in [0.25, 0.3) is 0 Å². The van der Waals surface area contributed by atoms with Gasteiger partial charge in [-0.25, -0.2) is 9.97 Å². The Hall–Kier alpha value is -0.830. The molecule has 19 heavy (non-hydrogen) atoms. The molecule has 1 aromatic heterocycles. The summed E-state index contributed by atoms with van der Waals surface area (Å²) in [5.74, 6) is 2.71. The number of hydrogen-bond donors (Lipinski definition) is 0. The second kappa shape index (κ2) is 6.08. The van der Waals surface area contributed by atoms with Gasteiger partial charge in [0.05, 0.1) is 0 Å². The lowest BCUT2D eigenvalue weighted by molar-refractivity contribution is 0.339. The van der Waals surface area contributed by atoms with Crippen molar-refractivity contribution in [3.63, 3.8) is 0 Å². The van der Waals surface area contributed by atoms with E-state index in [-0.39, 0.29) is 0 Å². The van der Waals surface area contributed by atoms with Gasteiger partial charge in [-0.3, -0.25) is 0 Å². The average Bonchev–Trinajstić information content (AvgIpc) is 2.41. The lowest BCUT2D eigenvalue weighted by Gasteiger charge is -2.35. The second-order valence-electron chi connectivity index (χ2n) is 5.76. The molecular weight excluding hydrogens is 258 g/mol. The normalized spacial score (nSPS) is 23.4. The van der Waals surface area contributed by atoms with Crippen LogP contribution in [0.15, 0.2) is 0 Å². The fraction of sp³-hybridized carbons (Fsp3) is 0.733. The molecule has 4 heteroatoms. The molecule has 1 aliphatic rings. The van der Waals surface area contributed by atoms with Crippen LogP contribution >= 0.6 is 11.6 Å². The lowest BCUT2D eigenvalue weighted by atomic mass is 9.86. The Labute approximate surface area is 121 Å². The van der Waals surface area contributed by atoms with Crippen LogP contribution in [0.1, 0.15) is 50.9 Å². The third-order valence-electron chi connectivity index (χ3n) is 4.29. The molecule has 0 atom stereocenters. The van der Waals surface area contributed by atoms with Crippen molar-refractivity contribution >= 4 is 17.4 Å². The summed E-state index contributed by atoms with van der Waals surface area (Å²) in [5.41, 5.74) is 1.000. The van der Waals surface area contributed by atoms with Gasteiger partial charge in [0.2, 0.25) is 0 Å². The number of anilines is 1. The summed E-state index contributed by atoms with van der Waals surface area (Å²) >= 11 is 6.23. The summed E-state index contributed by atoms with van der Waals surface area (Å²) in [6.07, 6.45) is 5.95. The number of rotatable bonds is 3. The Morgan fingerprint density at radius 2 is 1.84 bits per heavy atom. The fourth-order valence-corrected chi connectivity index (χ4v) is 3.01. The third-order valence-corrected chi connectivity index (χ3v) is 4.66. The van der Waals surface area contributed by atoms with Crippen molar-refractivity contribution in [2.24, 2.45) is 5.92 Å². The molecule has 1 fully saturated rings. The molecular formula is C15H24ClN3. The van der Waals surface area contributed by atoms with Gasteiger partial charge in [-0.05, 0) is 38.5 Å². The molecule has 0 N–H and O–H groups in total. The molecule has 3 nitrogen and oxygen atoms in total. The predicted octanol–water partition coefficient (Wildman–Crippen LogP) is 4.02. The third kappa shape index (κ3) is 3.19. The van der Waals surface area contributed by atoms with Gasteiger partial charge in [0.1, 0.15) is 16.8 Å². The maximum atomic E-state index is 6.23. The highest BCUT2D eigenvalue weighted by Gasteiger charge is 2.24. The molecule has 0 spiro atoms. The van der Waals surface area contributed by atoms with Crippen molar-refractivity contribution in [3.05, 3.63) is 16.5 Å². The van der Waals surface area contributed by atoms with E-state index in [1.165, 1.54) is 25.7 Å². The van der Waals surface area contributed by atoms with Crippen molar-refractivity contribution in [2.75, 3.05) is 11.9 Å². The molecule has 2 rings (SSSR count). The van der Waals surface area contributed by atoms with E-state index < -0.39 is 0 Å². The first-order chi connectivity index (χ1) is 9.02. The van der Waals surface area contributed by atoms with E-state index in [4.69, 9.17) is 11.6 Å². The van der Waals surface area contributed by atoms with Crippen molar-refractivity contribution in [1.29, 1.82) is 0 Å². The summed E-state index contributed by atoms with van der Waals surface area (Å²) in [6, 6.07) is 0.588. The summed E-state index contributed by atoms with van der Waals surface area (Å²) < 4.78 is 0. The van der Waals surface area contributed by atoms with Crippen molar-refractivity contribution in [2.45, 2.75) is 58.9 Å². The van der Waals surface area contributed by atoms with Crippen LogP contribution in [0, 0.1) is 12.8 Å². The SMILES string of the molecule is CCc1nc(Cl)c(C)c(N(C)C2CCC(C)CC2)n1. The molecule has 0 aromatic carbocycles. The van der Waals surface area contributed by atoms with Gasteiger partial charge >= 0.3 is 0 Å². The van der Waals surface area contributed by atoms with Crippen LogP contribution in [-0.2, 0) is 6.42 Å². The number of aromatic nitrogens is 2. The van der Waals surface area contributed by atoms with Gasteiger partial charge in [0, 0.05) is 25.1 Å². The quantitative estimate of drug-likeness (QED) is 0.784. The van der Waals surface area contributed by atoms with Crippen LogP contribution in [-0.4, -0.2) is 23.1 Å². The summed E-state index contributed by atoms with van der Waals surface area (Å²) in [6.45, 7) is 6.42. The van der Waals surface area contributed by atoms with Crippen molar-refractivity contribution in [3.8, 4) is 0 Å². The molecule has 1 heterocycles. The van der Waals surface area contributed by atoms with Gasteiger partial charge in [-0.15, -0.1) is 0 Å². The van der Waals surface area contributed by atoms with Crippen LogP contribution in [0.4, 0.5) is 5.82 Å². The van der Waals surface area contributed by atoms with Crippen molar-refractivity contribution in [1.82, 2.24) is 9.97 Å². The highest BCUT2D eigenvalue weighted by Crippen LogP contribution is 2.31. The van der Waals surface area contributed by atoms with E-state index in [0.29, 0.717) is 11.2 Å². The Bertz CT molecular complexity index is 439. The Kier molecular flexibility index (Phi) is 4.67. The fourth-order valence-electron chi connectivity index (χ4n) is 2.82. The monoisotopic (exact) mass is 281 g/mol. The largest absolute Gasteiger partial charge is 0.356 e. The molecule has 1 saturated carbocycles. The number of nitrogens with zero attached hydrogens (tertiary/aromatic N) is 3. The van der Waals surface area contributed by atoms with Gasteiger partial charge < -0.3 is 4.90 Å². The Morgan fingerprint density at radius 3 is 2.42 bits per heavy atom. The topological polar surface area (TPSA) is 29.0 Å². The van der Waals surface area contributed by atoms with Gasteiger partial charge in [-0.2, -0.15) is 0 Å². The van der Waals surface area contributed by atoms with Crippen molar-refractivity contribution < 1.29 is 0 Å². The van der Waals surface area contributed by atoms with E-state index >= 15 is 0 Å². The molecule has 0 radical (unpaired) electrons. The van der Waals surface area contributed by atoms with E-state index in [9.17, 15) is 0 Å². The minimum atomic E-state index is 0.588. The summed E-state index contributed by atoms with van der Waals surface area (Å²) in [5, 5.41) is 0.595. The van der Waals surface area contributed by atoms with Crippen LogP contribution in [0.3, 0.4) is 0 Å². The number of hydrogen-bond acceptors (Lipinski definition) is 3. The minimum Gasteiger partial charge on any atom is -0.356 e. The Morgan fingerprint density at radius 1 is 1.21 bits per heavy atom. The van der Waals surface area contributed by atoms with Crippen LogP contribution < -0.4 is 4.90 Å².